The lowest BCUT2D eigenvalue weighted by Crippen LogP contribution is -2.45. The summed E-state index contributed by atoms with van der Waals surface area (Å²) in [7, 11) is 0. The highest BCUT2D eigenvalue weighted by Crippen LogP contribution is 2.25. The van der Waals surface area contributed by atoms with Crippen molar-refractivity contribution in [3.63, 3.8) is 0 Å². The third kappa shape index (κ3) is 3.43. The highest BCUT2D eigenvalue weighted by molar-refractivity contribution is 6.01. The second-order valence-corrected chi connectivity index (χ2v) is 6.21. The largest absolute Gasteiger partial charge is 0.344 e. The van der Waals surface area contributed by atoms with Gasteiger partial charge in [-0.15, -0.1) is 0 Å². The third-order valence-electron chi connectivity index (χ3n) is 4.04. The zero-order chi connectivity index (χ0) is 15.6. The topological polar surface area (TPSA) is 49.4 Å². The smallest absolute Gasteiger partial charge is 0.249 e. The Bertz CT molecular complexity index is 552. The van der Waals surface area contributed by atoms with Crippen molar-refractivity contribution in [2.75, 3.05) is 11.4 Å². The van der Waals surface area contributed by atoms with Gasteiger partial charge in [-0.05, 0) is 43.4 Å². The van der Waals surface area contributed by atoms with Gasteiger partial charge in [0.15, 0.2) is 0 Å². The van der Waals surface area contributed by atoms with Gasteiger partial charge in [0.1, 0.15) is 6.04 Å². The van der Waals surface area contributed by atoms with Crippen molar-refractivity contribution in [2.45, 2.75) is 46.6 Å². The number of hydrogen-bond donors (Lipinski definition) is 1. The molecule has 2 rings (SSSR count). The molecule has 1 saturated heterocycles. The number of nitrogens with one attached hydrogen (secondary N) is 1. The summed E-state index contributed by atoms with van der Waals surface area (Å²) in [5, 5.41) is 2.86. The molecule has 1 atom stereocenters. The molecule has 114 valence electrons. The molecule has 4 nitrogen and oxygen atoms in total. The first-order chi connectivity index (χ1) is 9.90. The molecule has 1 aliphatic heterocycles. The zero-order valence-corrected chi connectivity index (χ0v) is 13.3. The molecule has 1 fully saturated rings. The van der Waals surface area contributed by atoms with E-state index in [-0.39, 0.29) is 11.8 Å². The Morgan fingerprint density at radius 3 is 2.67 bits per heavy atom. The number of anilines is 1. The first kappa shape index (κ1) is 15.5. The zero-order valence-electron chi connectivity index (χ0n) is 13.3. The van der Waals surface area contributed by atoms with E-state index in [1.54, 1.807) is 4.90 Å². The average molecular weight is 288 g/mol. The Balaban J connectivity index is 2.35. The predicted octanol–water partition coefficient (Wildman–Crippen LogP) is 2.57. The van der Waals surface area contributed by atoms with Crippen molar-refractivity contribution >= 4 is 17.5 Å². The van der Waals surface area contributed by atoms with Gasteiger partial charge in [0.05, 0.1) is 0 Å². The molecule has 21 heavy (non-hydrogen) atoms. The Morgan fingerprint density at radius 1 is 1.29 bits per heavy atom. The normalized spacial score (nSPS) is 19.7. The van der Waals surface area contributed by atoms with E-state index in [4.69, 9.17) is 0 Å². The number of aryl methyl sites for hydroxylation is 1. The summed E-state index contributed by atoms with van der Waals surface area (Å²) in [4.78, 5) is 26.4. The predicted molar refractivity (Wildman–Crippen MR) is 84.3 cm³/mol. The highest BCUT2D eigenvalue weighted by atomic mass is 16.2. The maximum absolute atomic E-state index is 12.8. The van der Waals surface area contributed by atoms with Crippen LogP contribution in [0.25, 0.3) is 0 Å². The molecule has 0 aromatic heterocycles. The van der Waals surface area contributed by atoms with Crippen LogP contribution in [-0.4, -0.2) is 24.4 Å². The number of rotatable bonds is 3. The van der Waals surface area contributed by atoms with Crippen molar-refractivity contribution in [3.05, 3.63) is 29.3 Å². The highest BCUT2D eigenvalue weighted by Gasteiger charge is 2.31. The molecule has 4 heteroatoms. The minimum absolute atomic E-state index is 0.00301. The molecular weight excluding hydrogens is 264 g/mol. The van der Waals surface area contributed by atoms with Gasteiger partial charge in [0.25, 0.3) is 0 Å². The standard InChI is InChI=1S/C17H24N2O2/c1-11(2)10-14-17(21)19(9-8-16(20)18-14)15-7-5-6-12(3)13(15)4/h5-7,11,14H,8-10H2,1-4H3,(H,18,20). The quantitative estimate of drug-likeness (QED) is 0.929. The molecule has 0 aliphatic carbocycles. The van der Waals surface area contributed by atoms with Crippen LogP contribution in [-0.2, 0) is 9.59 Å². The van der Waals surface area contributed by atoms with Gasteiger partial charge in [-0.25, -0.2) is 0 Å². The lowest BCUT2D eigenvalue weighted by Gasteiger charge is -2.27. The summed E-state index contributed by atoms with van der Waals surface area (Å²) in [5.41, 5.74) is 3.18. The van der Waals surface area contributed by atoms with Gasteiger partial charge in [-0.2, -0.15) is 0 Å². The molecule has 0 bridgehead atoms. The fraction of sp³-hybridized carbons (Fsp3) is 0.529. The van der Waals surface area contributed by atoms with E-state index < -0.39 is 6.04 Å². The number of carbonyl (C=O) groups excluding carboxylic acids is 2. The van der Waals surface area contributed by atoms with E-state index in [0.717, 1.165) is 16.8 Å². The summed E-state index contributed by atoms with van der Waals surface area (Å²) in [6.07, 6.45) is 1.03. The molecular formula is C17H24N2O2. The van der Waals surface area contributed by atoms with Crippen molar-refractivity contribution in [1.82, 2.24) is 5.32 Å². The lowest BCUT2D eigenvalue weighted by molar-refractivity contribution is -0.125. The molecule has 1 N–H and O–H groups in total. The Hall–Kier alpha value is -1.84. The van der Waals surface area contributed by atoms with Gasteiger partial charge >= 0.3 is 0 Å². The molecule has 1 heterocycles. The van der Waals surface area contributed by atoms with E-state index in [1.807, 2.05) is 32.0 Å². The lowest BCUT2D eigenvalue weighted by atomic mass is 10.0. The summed E-state index contributed by atoms with van der Waals surface area (Å²) in [6.45, 7) is 8.63. The average Bonchev–Trinajstić information content (AvgIpc) is 2.53. The van der Waals surface area contributed by atoms with Crippen LogP contribution < -0.4 is 10.2 Å². The van der Waals surface area contributed by atoms with E-state index >= 15 is 0 Å². The van der Waals surface area contributed by atoms with Gasteiger partial charge in [-0.1, -0.05) is 26.0 Å². The van der Waals surface area contributed by atoms with Crippen molar-refractivity contribution in [3.8, 4) is 0 Å². The molecule has 1 unspecified atom stereocenters. The number of hydrogen-bond acceptors (Lipinski definition) is 2. The van der Waals surface area contributed by atoms with Gasteiger partial charge in [0.2, 0.25) is 11.8 Å². The second kappa shape index (κ2) is 6.29. The first-order valence-corrected chi connectivity index (χ1v) is 7.57. The van der Waals surface area contributed by atoms with Crippen LogP contribution in [0.3, 0.4) is 0 Å². The fourth-order valence-electron chi connectivity index (χ4n) is 2.74. The molecule has 0 spiro atoms. The van der Waals surface area contributed by atoms with Crippen molar-refractivity contribution < 1.29 is 9.59 Å². The summed E-state index contributed by atoms with van der Waals surface area (Å²) < 4.78 is 0. The first-order valence-electron chi connectivity index (χ1n) is 7.57. The maximum atomic E-state index is 12.8. The van der Waals surface area contributed by atoms with Gasteiger partial charge < -0.3 is 10.2 Å². The van der Waals surface area contributed by atoms with Crippen LogP contribution in [0.4, 0.5) is 5.69 Å². The second-order valence-electron chi connectivity index (χ2n) is 6.21. The number of carbonyl (C=O) groups is 2. The monoisotopic (exact) mass is 288 g/mol. The molecule has 0 saturated carbocycles. The number of nitrogens with zero attached hydrogens (tertiary/aromatic N) is 1. The molecule has 0 radical (unpaired) electrons. The Kier molecular flexibility index (Phi) is 4.66. The molecule has 1 aromatic carbocycles. The van der Waals surface area contributed by atoms with Crippen LogP contribution in [0.15, 0.2) is 18.2 Å². The third-order valence-corrected chi connectivity index (χ3v) is 4.04. The van der Waals surface area contributed by atoms with Gasteiger partial charge in [0, 0.05) is 18.7 Å². The van der Waals surface area contributed by atoms with Crippen LogP contribution >= 0.6 is 0 Å². The summed E-state index contributed by atoms with van der Waals surface area (Å²) in [6, 6.07) is 5.54. The van der Waals surface area contributed by atoms with Gasteiger partial charge in [-0.3, -0.25) is 9.59 Å². The van der Waals surface area contributed by atoms with E-state index in [2.05, 4.69) is 19.2 Å². The van der Waals surface area contributed by atoms with Crippen LogP contribution in [0, 0.1) is 19.8 Å². The Labute approximate surface area is 126 Å². The van der Waals surface area contributed by atoms with Crippen LogP contribution in [0.5, 0.6) is 0 Å². The molecule has 1 aliphatic rings. The fourth-order valence-corrected chi connectivity index (χ4v) is 2.74. The summed E-state index contributed by atoms with van der Waals surface area (Å²) >= 11 is 0. The minimum atomic E-state index is -0.417. The van der Waals surface area contributed by atoms with E-state index in [1.165, 1.54) is 0 Å². The molecule has 2 amide bonds. The minimum Gasteiger partial charge on any atom is -0.344 e. The van der Waals surface area contributed by atoms with E-state index in [9.17, 15) is 9.59 Å². The SMILES string of the molecule is Cc1cccc(N2CCC(=O)NC(CC(C)C)C2=O)c1C. The maximum Gasteiger partial charge on any atom is 0.249 e. The van der Waals surface area contributed by atoms with E-state index in [0.29, 0.717) is 25.3 Å². The summed E-state index contributed by atoms with van der Waals surface area (Å²) in [5.74, 6) is 0.322. The van der Waals surface area contributed by atoms with Crippen LogP contribution in [0.1, 0.15) is 37.8 Å². The Morgan fingerprint density at radius 2 is 2.00 bits per heavy atom. The molecule has 1 aromatic rings. The number of benzene rings is 1. The van der Waals surface area contributed by atoms with Crippen LogP contribution in [0.2, 0.25) is 0 Å². The number of amides is 2. The van der Waals surface area contributed by atoms with Crippen molar-refractivity contribution in [1.29, 1.82) is 0 Å². The van der Waals surface area contributed by atoms with Crippen molar-refractivity contribution in [2.24, 2.45) is 5.92 Å².